The van der Waals surface area contributed by atoms with Crippen molar-refractivity contribution in [3.05, 3.63) is 34.6 Å². The Kier molecular flexibility index (Phi) is 4.83. The zero-order chi connectivity index (χ0) is 15.6. The standard InChI is InChI=1S/C15H18ClFN2O2/c1-3-5-12-14(20)18-9(2)15(21)19(12)8-10-6-4-7-11(17)13(10)16/h4,6-7,9,12H,3,5,8H2,1-2H3,(H,18,20). The second-order valence-corrected chi connectivity index (χ2v) is 5.59. The van der Waals surface area contributed by atoms with E-state index in [9.17, 15) is 14.0 Å². The number of rotatable bonds is 4. The minimum Gasteiger partial charge on any atom is -0.343 e. The molecule has 1 aromatic rings. The first-order chi connectivity index (χ1) is 9.95. The predicted octanol–water partition coefficient (Wildman–Crippen LogP) is 2.49. The summed E-state index contributed by atoms with van der Waals surface area (Å²) in [4.78, 5) is 25.9. The normalized spacial score (nSPS) is 22.4. The smallest absolute Gasteiger partial charge is 0.245 e. The van der Waals surface area contributed by atoms with Crippen LogP contribution >= 0.6 is 11.6 Å². The number of hydrogen-bond acceptors (Lipinski definition) is 2. The summed E-state index contributed by atoms with van der Waals surface area (Å²) in [6, 6.07) is 3.38. The molecular weight excluding hydrogens is 295 g/mol. The highest BCUT2D eigenvalue weighted by Gasteiger charge is 2.38. The molecule has 1 aliphatic heterocycles. The van der Waals surface area contributed by atoms with E-state index in [1.165, 1.54) is 11.0 Å². The van der Waals surface area contributed by atoms with Crippen LogP contribution < -0.4 is 5.32 Å². The molecule has 0 saturated carbocycles. The van der Waals surface area contributed by atoms with Crippen molar-refractivity contribution >= 4 is 23.4 Å². The highest BCUT2D eigenvalue weighted by atomic mass is 35.5. The van der Waals surface area contributed by atoms with Gasteiger partial charge in [-0.25, -0.2) is 4.39 Å². The quantitative estimate of drug-likeness (QED) is 0.928. The first-order valence-electron chi connectivity index (χ1n) is 6.99. The molecule has 4 nitrogen and oxygen atoms in total. The van der Waals surface area contributed by atoms with Gasteiger partial charge in [0, 0.05) is 6.54 Å². The van der Waals surface area contributed by atoms with Gasteiger partial charge in [0.1, 0.15) is 17.9 Å². The van der Waals surface area contributed by atoms with Gasteiger partial charge >= 0.3 is 0 Å². The fourth-order valence-corrected chi connectivity index (χ4v) is 2.70. The Bertz CT molecular complexity index is 565. The topological polar surface area (TPSA) is 49.4 Å². The van der Waals surface area contributed by atoms with Crippen LogP contribution in [0, 0.1) is 5.82 Å². The van der Waals surface area contributed by atoms with E-state index in [2.05, 4.69) is 5.32 Å². The Labute approximate surface area is 128 Å². The SMILES string of the molecule is CCCC1C(=O)NC(C)C(=O)N1Cc1cccc(F)c1Cl. The number of hydrogen-bond donors (Lipinski definition) is 1. The van der Waals surface area contributed by atoms with Crippen LogP contribution in [0.4, 0.5) is 4.39 Å². The van der Waals surface area contributed by atoms with Crippen LogP contribution in [0.1, 0.15) is 32.3 Å². The number of carbonyl (C=O) groups is 2. The Morgan fingerprint density at radius 1 is 1.38 bits per heavy atom. The van der Waals surface area contributed by atoms with Gasteiger partial charge < -0.3 is 10.2 Å². The molecule has 1 saturated heterocycles. The molecule has 0 radical (unpaired) electrons. The molecule has 21 heavy (non-hydrogen) atoms. The molecule has 2 unspecified atom stereocenters. The number of amides is 2. The molecule has 6 heteroatoms. The van der Waals surface area contributed by atoms with Crippen LogP contribution in [0.3, 0.4) is 0 Å². The third-order valence-electron chi connectivity index (χ3n) is 3.63. The molecule has 2 amide bonds. The van der Waals surface area contributed by atoms with Gasteiger partial charge in [-0.05, 0) is 25.0 Å². The van der Waals surface area contributed by atoms with Crippen molar-refractivity contribution in [2.45, 2.75) is 45.3 Å². The maximum atomic E-state index is 13.5. The zero-order valence-corrected chi connectivity index (χ0v) is 12.8. The highest BCUT2D eigenvalue weighted by Crippen LogP contribution is 2.24. The van der Waals surface area contributed by atoms with Gasteiger partial charge in [-0.3, -0.25) is 9.59 Å². The van der Waals surface area contributed by atoms with Crippen molar-refractivity contribution < 1.29 is 14.0 Å². The van der Waals surface area contributed by atoms with Crippen LogP contribution in [0.15, 0.2) is 18.2 Å². The number of benzene rings is 1. The molecule has 0 spiro atoms. The van der Waals surface area contributed by atoms with Crippen LogP contribution in [0.5, 0.6) is 0 Å². The molecule has 1 fully saturated rings. The number of piperazine rings is 1. The highest BCUT2D eigenvalue weighted by molar-refractivity contribution is 6.31. The molecule has 0 bridgehead atoms. The van der Waals surface area contributed by atoms with Crippen molar-refractivity contribution in [1.82, 2.24) is 10.2 Å². The summed E-state index contributed by atoms with van der Waals surface area (Å²) in [6.07, 6.45) is 1.34. The third kappa shape index (κ3) is 3.18. The lowest BCUT2D eigenvalue weighted by atomic mass is 10.0. The van der Waals surface area contributed by atoms with Crippen LogP contribution in [0.25, 0.3) is 0 Å². The fourth-order valence-electron chi connectivity index (χ4n) is 2.52. The molecule has 1 heterocycles. The summed E-state index contributed by atoms with van der Waals surface area (Å²) in [5, 5.41) is 2.67. The molecule has 2 atom stereocenters. The molecular formula is C15H18ClFN2O2. The predicted molar refractivity (Wildman–Crippen MR) is 78.3 cm³/mol. The average molecular weight is 313 g/mol. The monoisotopic (exact) mass is 312 g/mol. The summed E-state index contributed by atoms with van der Waals surface area (Å²) >= 11 is 5.94. The summed E-state index contributed by atoms with van der Waals surface area (Å²) in [5.74, 6) is -0.868. The van der Waals surface area contributed by atoms with Gasteiger partial charge in [0.2, 0.25) is 11.8 Å². The summed E-state index contributed by atoms with van der Waals surface area (Å²) in [7, 11) is 0. The van der Waals surface area contributed by atoms with Crippen molar-refractivity contribution in [1.29, 1.82) is 0 Å². The van der Waals surface area contributed by atoms with Gasteiger partial charge in [0.25, 0.3) is 0 Å². The van der Waals surface area contributed by atoms with E-state index in [0.29, 0.717) is 12.0 Å². The molecule has 0 aliphatic carbocycles. The third-order valence-corrected chi connectivity index (χ3v) is 4.05. The molecule has 114 valence electrons. The largest absolute Gasteiger partial charge is 0.343 e. The van der Waals surface area contributed by atoms with Crippen LogP contribution in [-0.4, -0.2) is 28.8 Å². The lowest BCUT2D eigenvalue weighted by Gasteiger charge is -2.38. The average Bonchev–Trinajstić information content (AvgIpc) is 2.44. The van der Waals surface area contributed by atoms with Crippen LogP contribution in [0.2, 0.25) is 5.02 Å². The van der Waals surface area contributed by atoms with Gasteiger partial charge in [-0.2, -0.15) is 0 Å². The Morgan fingerprint density at radius 2 is 2.10 bits per heavy atom. The minimum absolute atomic E-state index is 0.000756. The van der Waals surface area contributed by atoms with Crippen molar-refractivity contribution in [3.63, 3.8) is 0 Å². The van der Waals surface area contributed by atoms with Gasteiger partial charge in [0.15, 0.2) is 0 Å². The van der Waals surface area contributed by atoms with Gasteiger partial charge in [-0.15, -0.1) is 0 Å². The van der Waals surface area contributed by atoms with E-state index in [1.807, 2.05) is 6.92 Å². The second-order valence-electron chi connectivity index (χ2n) is 5.21. The summed E-state index contributed by atoms with van der Waals surface area (Å²) in [5.41, 5.74) is 0.507. The van der Waals surface area contributed by atoms with Gasteiger partial charge in [-0.1, -0.05) is 37.1 Å². The first kappa shape index (κ1) is 15.8. The zero-order valence-electron chi connectivity index (χ0n) is 12.0. The number of carbonyl (C=O) groups excluding carboxylic acids is 2. The van der Waals surface area contributed by atoms with E-state index in [0.717, 1.165) is 6.42 Å². The van der Waals surface area contributed by atoms with E-state index in [4.69, 9.17) is 11.6 Å². The number of nitrogens with one attached hydrogen (secondary N) is 1. The Hall–Kier alpha value is -1.62. The Balaban J connectivity index is 2.30. The van der Waals surface area contributed by atoms with Gasteiger partial charge in [0.05, 0.1) is 5.02 Å². The molecule has 2 rings (SSSR count). The minimum atomic E-state index is -0.571. The van der Waals surface area contributed by atoms with Crippen LogP contribution in [-0.2, 0) is 16.1 Å². The Morgan fingerprint density at radius 3 is 2.76 bits per heavy atom. The summed E-state index contributed by atoms with van der Waals surface area (Å²) in [6.45, 7) is 3.73. The maximum absolute atomic E-state index is 13.5. The second kappa shape index (κ2) is 6.43. The lowest BCUT2D eigenvalue weighted by Crippen LogP contribution is -2.61. The van der Waals surface area contributed by atoms with Crippen molar-refractivity contribution in [2.24, 2.45) is 0 Å². The number of halogens is 2. The summed E-state index contributed by atoms with van der Waals surface area (Å²) < 4.78 is 13.5. The molecule has 1 aromatic carbocycles. The first-order valence-corrected chi connectivity index (χ1v) is 7.37. The lowest BCUT2D eigenvalue weighted by molar-refractivity contribution is -0.149. The molecule has 1 N–H and O–H groups in total. The maximum Gasteiger partial charge on any atom is 0.245 e. The van der Waals surface area contributed by atoms with E-state index >= 15 is 0 Å². The molecule has 1 aliphatic rings. The van der Waals surface area contributed by atoms with E-state index in [-0.39, 0.29) is 23.4 Å². The number of nitrogens with zero attached hydrogens (tertiary/aromatic N) is 1. The fraction of sp³-hybridized carbons (Fsp3) is 0.467. The van der Waals surface area contributed by atoms with Crippen molar-refractivity contribution in [3.8, 4) is 0 Å². The van der Waals surface area contributed by atoms with E-state index < -0.39 is 17.9 Å². The molecule has 0 aromatic heterocycles. The van der Waals surface area contributed by atoms with Crippen molar-refractivity contribution in [2.75, 3.05) is 0 Å². The van der Waals surface area contributed by atoms with E-state index in [1.54, 1.807) is 19.1 Å².